The third-order valence-electron chi connectivity index (χ3n) is 5.07. The number of carbonyl (C=O) groups is 2. The van der Waals surface area contributed by atoms with E-state index in [0.717, 1.165) is 5.56 Å². The van der Waals surface area contributed by atoms with Crippen LogP contribution in [0, 0.1) is 6.92 Å². The minimum Gasteiger partial charge on any atom is -0.497 e. The number of rotatable bonds is 4. The van der Waals surface area contributed by atoms with E-state index in [-0.39, 0.29) is 18.7 Å². The number of anilines is 1. The third-order valence-corrected chi connectivity index (χ3v) is 5.07. The summed E-state index contributed by atoms with van der Waals surface area (Å²) in [5.41, 5.74) is 1.49. The number of imide groups is 1. The Balaban J connectivity index is 1.63. The minimum atomic E-state index is -1.31. The molecule has 1 unspecified atom stereocenters. The number of hydrogen-bond acceptors (Lipinski definition) is 6. The van der Waals surface area contributed by atoms with Gasteiger partial charge in [0.05, 0.1) is 32.0 Å². The lowest BCUT2D eigenvalue weighted by Gasteiger charge is -2.19. The Morgan fingerprint density at radius 1 is 1.04 bits per heavy atom. The van der Waals surface area contributed by atoms with Crippen molar-refractivity contribution in [2.45, 2.75) is 25.4 Å². The highest BCUT2D eigenvalue weighted by Gasteiger charge is 2.58. The normalized spacial score (nSPS) is 21.1. The zero-order chi connectivity index (χ0) is 19.9. The van der Waals surface area contributed by atoms with Gasteiger partial charge in [-0.25, -0.2) is 4.90 Å². The lowest BCUT2D eigenvalue weighted by Crippen LogP contribution is -2.40. The number of nitrogens with zero attached hydrogens (tertiary/aromatic N) is 2. The van der Waals surface area contributed by atoms with Crippen molar-refractivity contribution in [1.82, 2.24) is 0 Å². The second-order valence-corrected chi connectivity index (χ2v) is 6.91. The fraction of sp³-hybridized carbons (Fsp3) is 0.286. The molecule has 1 spiro atoms. The van der Waals surface area contributed by atoms with Crippen LogP contribution in [0.4, 0.5) is 5.69 Å². The number of ether oxygens (including phenoxy) is 2. The van der Waals surface area contributed by atoms with E-state index in [1.807, 2.05) is 19.1 Å². The van der Waals surface area contributed by atoms with Crippen molar-refractivity contribution in [2.75, 3.05) is 19.1 Å². The van der Waals surface area contributed by atoms with Crippen LogP contribution in [0.3, 0.4) is 0 Å². The van der Waals surface area contributed by atoms with Gasteiger partial charge in [-0.1, -0.05) is 22.9 Å². The van der Waals surface area contributed by atoms with Gasteiger partial charge in [0.25, 0.3) is 5.91 Å². The lowest BCUT2D eigenvalue weighted by atomic mass is 9.92. The molecule has 0 aromatic heterocycles. The maximum atomic E-state index is 13.1. The quantitative estimate of drug-likeness (QED) is 0.763. The number of hydrogen-bond donors (Lipinski definition) is 0. The Morgan fingerprint density at radius 2 is 1.79 bits per heavy atom. The van der Waals surface area contributed by atoms with Gasteiger partial charge in [-0.15, -0.1) is 0 Å². The van der Waals surface area contributed by atoms with Gasteiger partial charge >= 0.3 is 0 Å². The van der Waals surface area contributed by atoms with Crippen LogP contribution < -0.4 is 14.4 Å². The molecule has 144 valence electrons. The lowest BCUT2D eigenvalue weighted by molar-refractivity contribution is -0.136. The van der Waals surface area contributed by atoms with Gasteiger partial charge in [-0.3, -0.25) is 9.59 Å². The molecular formula is C21H20N2O5. The molecular weight excluding hydrogens is 360 g/mol. The van der Waals surface area contributed by atoms with Gasteiger partial charge in [0.1, 0.15) is 11.5 Å². The summed E-state index contributed by atoms with van der Waals surface area (Å²) in [6.07, 6.45) is 0.127. The summed E-state index contributed by atoms with van der Waals surface area (Å²) in [5, 5.41) is 4.13. The fourth-order valence-corrected chi connectivity index (χ4v) is 3.54. The van der Waals surface area contributed by atoms with E-state index in [1.54, 1.807) is 44.6 Å². The van der Waals surface area contributed by atoms with Crippen molar-refractivity contribution < 1.29 is 23.9 Å². The largest absolute Gasteiger partial charge is 0.497 e. The molecule has 7 heteroatoms. The van der Waals surface area contributed by atoms with Gasteiger partial charge in [0.15, 0.2) is 0 Å². The molecule has 1 fully saturated rings. The molecule has 2 aliphatic rings. The van der Waals surface area contributed by atoms with Crippen molar-refractivity contribution in [3.05, 3.63) is 53.6 Å². The fourth-order valence-electron chi connectivity index (χ4n) is 3.54. The average Bonchev–Trinajstić information content (AvgIpc) is 3.23. The molecule has 1 atom stereocenters. The predicted octanol–water partition coefficient (Wildman–Crippen LogP) is 2.84. The van der Waals surface area contributed by atoms with Gasteiger partial charge in [0, 0.05) is 12.0 Å². The number of carbonyl (C=O) groups excluding carboxylic acids is 2. The summed E-state index contributed by atoms with van der Waals surface area (Å²) in [5.74, 6) is 0.520. The van der Waals surface area contributed by atoms with E-state index in [1.165, 1.54) is 4.90 Å². The van der Waals surface area contributed by atoms with E-state index in [0.29, 0.717) is 28.5 Å². The van der Waals surface area contributed by atoms with Crippen molar-refractivity contribution in [3.63, 3.8) is 0 Å². The molecule has 4 rings (SSSR count). The Bertz CT molecular complexity index is 983. The molecule has 2 aliphatic heterocycles. The molecule has 2 heterocycles. The number of oxime groups is 1. The van der Waals surface area contributed by atoms with E-state index in [2.05, 4.69) is 5.16 Å². The van der Waals surface area contributed by atoms with Crippen LogP contribution in [0.2, 0.25) is 0 Å². The van der Waals surface area contributed by atoms with Gasteiger partial charge in [-0.2, -0.15) is 0 Å². The Labute approximate surface area is 162 Å². The Morgan fingerprint density at radius 3 is 2.46 bits per heavy atom. The molecule has 2 amide bonds. The first-order valence-corrected chi connectivity index (χ1v) is 8.89. The van der Waals surface area contributed by atoms with Crippen molar-refractivity contribution in [3.8, 4) is 11.5 Å². The number of methoxy groups -OCH3 is 2. The molecule has 1 saturated heterocycles. The number of amides is 2. The summed E-state index contributed by atoms with van der Waals surface area (Å²) in [7, 11) is 3.12. The summed E-state index contributed by atoms with van der Waals surface area (Å²) < 4.78 is 10.7. The molecule has 0 radical (unpaired) electrons. The molecule has 2 aromatic carbocycles. The van der Waals surface area contributed by atoms with E-state index >= 15 is 0 Å². The zero-order valence-electron chi connectivity index (χ0n) is 15.9. The van der Waals surface area contributed by atoms with Gasteiger partial charge < -0.3 is 14.3 Å². The SMILES string of the molecule is COc1ccc(OC)c(C2=NOC3(CC(=O)N(c4ccc(C)cc4)C3=O)C2)c1. The van der Waals surface area contributed by atoms with Crippen molar-refractivity contribution in [2.24, 2.45) is 5.16 Å². The first kappa shape index (κ1) is 18.0. The summed E-state index contributed by atoms with van der Waals surface area (Å²) in [6, 6.07) is 12.6. The second kappa shape index (κ2) is 6.67. The number of benzene rings is 2. The van der Waals surface area contributed by atoms with Crippen molar-refractivity contribution >= 4 is 23.2 Å². The summed E-state index contributed by atoms with van der Waals surface area (Å²) in [4.78, 5) is 32.5. The van der Waals surface area contributed by atoms with E-state index in [4.69, 9.17) is 14.3 Å². The Hall–Kier alpha value is -3.35. The highest BCUT2D eigenvalue weighted by molar-refractivity contribution is 6.26. The van der Waals surface area contributed by atoms with Crippen LogP contribution in [0.5, 0.6) is 11.5 Å². The summed E-state index contributed by atoms with van der Waals surface area (Å²) >= 11 is 0. The van der Waals surface area contributed by atoms with Crippen molar-refractivity contribution in [1.29, 1.82) is 0 Å². The van der Waals surface area contributed by atoms with Gasteiger partial charge in [-0.05, 0) is 37.3 Å². The highest BCUT2D eigenvalue weighted by Crippen LogP contribution is 2.40. The molecule has 0 bridgehead atoms. The summed E-state index contributed by atoms with van der Waals surface area (Å²) in [6.45, 7) is 1.95. The highest BCUT2D eigenvalue weighted by atomic mass is 16.7. The minimum absolute atomic E-state index is 0.0566. The van der Waals surface area contributed by atoms with Gasteiger partial charge in [0.2, 0.25) is 11.5 Å². The second-order valence-electron chi connectivity index (χ2n) is 6.91. The molecule has 0 N–H and O–H groups in total. The van der Waals surface area contributed by atoms with Crippen LogP contribution in [0.1, 0.15) is 24.0 Å². The topological polar surface area (TPSA) is 77.4 Å². The van der Waals surface area contributed by atoms with E-state index in [9.17, 15) is 9.59 Å². The standard InChI is InChI=1S/C21H20N2O5/c1-13-4-6-14(7-5-13)23-19(24)12-21(20(23)25)11-17(22-28-21)16-10-15(26-2)8-9-18(16)27-3/h4-10H,11-12H2,1-3H3. The molecule has 0 aliphatic carbocycles. The maximum Gasteiger partial charge on any atom is 0.281 e. The first-order chi connectivity index (χ1) is 13.5. The van der Waals surface area contributed by atoms with Crippen LogP contribution >= 0.6 is 0 Å². The van der Waals surface area contributed by atoms with Crippen LogP contribution in [-0.4, -0.2) is 37.3 Å². The number of aryl methyl sites for hydroxylation is 1. The zero-order valence-corrected chi connectivity index (χ0v) is 15.9. The molecule has 0 saturated carbocycles. The predicted molar refractivity (Wildman–Crippen MR) is 103 cm³/mol. The smallest absolute Gasteiger partial charge is 0.281 e. The maximum absolute atomic E-state index is 13.1. The molecule has 2 aromatic rings. The van der Waals surface area contributed by atoms with E-state index < -0.39 is 11.5 Å². The molecule has 7 nitrogen and oxygen atoms in total. The van der Waals surface area contributed by atoms with Crippen LogP contribution in [0.15, 0.2) is 47.6 Å². The van der Waals surface area contributed by atoms with Crippen LogP contribution in [0.25, 0.3) is 0 Å². The Kier molecular flexibility index (Phi) is 4.30. The third kappa shape index (κ3) is 2.79. The van der Waals surface area contributed by atoms with Crippen LogP contribution in [-0.2, 0) is 14.4 Å². The average molecular weight is 380 g/mol. The monoisotopic (exact) mass is 380 g/mol. The molecule has 28 heavy (non-hydrogen) atoms. The first-order valence-electron chi connectivity index (χ1n) is 8.89.